The molecule has 0 aromatic heterocycles. The van der Waals surface area contributed by atoms with Crippen molar-refractivity contribution in [2.45, 2.75) is 24.3 Å². The molecule has 0 saturated carbocycles. The molecule has 166 valence electrons. The van der Waals surface area contributed by atoms with E-state index in [0.717, 1.165) is 17.7 Å². The fraction of sp³-hybridized carbons (Fsp3) is 0.208. The van der Waals surface area contributed by atoms with Gasteiger partial charge in [-0.3, -0.25) is 9.52 Å². The van der Waals surface area contributed by atoms with E-state index in [-0.39, 0.29) is 23.5 Å². The number of benzene rings is 3. The number of nitrogens with zero attached hydrogens (tertiary/aromatic N) is 1. The maximum absolute atomic E-state index is 12.8. The molecule has 32 heavy (non-hydrogen) atoms. The van der Waals surface area contributed by atoms with Gasteiger partial charge in [0, 0.05) is 17.4 Å². The summed E-state index contributed by atoms with van der Waals surface area (Å²) in [5.74, 6) is 0.915. The van der Waals surface area contributed by atoms with Crippen LogP contribution in [0.1, 0.15) is 12.5 Å². The molecule has 3 aromatic carbocycles. The van der Waals surface area contributed by atoms with Gasteiger partial charge >= 0.3 is 0 Å². The standard InChI is InChI=1S/C24H24N2O5S/c1-17-15-18-5-3-4-6-23(18)26(17)24(27)16-31-21-11-13-22(14-12-21)32(28,29)25-19-7-9-20(30-2)10-8-19/h3-14,17,25H,15-16H2,1-2H3. The first kappa shape index (κ1) is 21.7. The van der Waals surface area contributed by atoms with E-state index >= 15 is 0 Å². The average Bonchev–Trinajstić information content (AvgIpc) is 3.14. The van der Waals surface area contributed by atoms with Crippen LogP contribution < -0.4 is 19.1 Å². The lowest BCUT2D eigenvalue weighted by Gasteiger charge is -2.22. The third kappa shape index (κ3) is 4.55. The van der Waals surface area contributed by atoms with Crippen molar-refractivity contribution in [2.75, 3.05) is 23.3 Å². The Morgan fingerprint density at radius 2 is 1.66 bits per heavy atom. The second-order valence-corrected chi connectivity index (χ2v) is 9.22. The summed E-state index contributed by atoms with van der Waals surface area (Å²) in [6.45, 7) is 1.88. The van der Waals surface area contributed by atoms with Gasteiger partial charge in [-0.2, -0.15) is 0 Å². The second-order valence-electron chi connectivity index (χ2n) is 7.54. The van der Waals surface area contributed by atoms with Gasteiger partial charge in [0.25, 0.3) is 15.9 Å². The van der Waals surface area contributed by atoms with Gasteiger partial charge in [0.05, 0.1) is 12.0 Å². The number of anilines is 2. The summed E-state index contributed by atoms with van der Waals surface area (Å²) in [5.41, 5.74) is 2.49. The number of carbonyl (C=O) groups excluding carboxylic acids is 1. The SMILES string of the molecule is COc1ccc(NS(=O)(=O)c2ccc(OCC(=O)N3c4ccccc4CC3C)cc2)cc1. The number of hydrogen-bond donors (Lipinski definition) is 1. The molecule has 4 rings (SSSR count). The molecule has 1 atom stereocenters. The number of sulfonamides is 1. The maximum Gasteiger partial charge on any atom is 0.265 e. The highest BCUT2D eigenvalue weighted by Crippen LogP contribution is 2.32. The van der Waals surface area contributed by atoms with Crippen molar-refractivity contribution in [1.29, 1.82) is 0 Å². The van der Waals surface area contributed by atoms with Gasteiger partial charge in [0.2, 0.25) is 0 Å². The third-order valence-electron chi connectivity index (χ3n) is 5.31. The molecule has 7 nitrogen and oxygen atoms in total. The number of methoxy groups -OCH3 is 1. The molecule has 0 bridgehead atoms. The molecule has 0 aliphatic carbocycles. The Labute approximate surface area is 187 Å². The number of rotatable bonds is 7. The Bertz CT molecular complexity index is 1210. The minimum Gasteiger partial charge on any atom is -0.497 e. The van der Waals surface area contributed by atoms with E-state index in [9.17, 15) is 13.2 Å². The van der Waals surface area contributed by atoms with E-state index in [0.29, 0.717) is 17.2 Å². The van der Waals surface area contributed by atoms with E-state index < -0.39 is 10.0 Å². The lowest BCUT2D eigenvalue weighted by molar-refractivity contribution is -0.120. The second kappa shape index (κ2) is 8.92. The lowest BCUT2D eigenvalue weighted by Crippen LogP contribution is -2.39. The summed E-state index contributed by atoms with van der Waals surface area (Å²) in [7, 11) is -2.21. The summed E-state index contributed by atoms with van der Waals surface area (Å²) in [5, 5.41) is 0. The van der Waals surface area contributed by atoms with Gasteiger partial charge in [0.1, 0.15) is 11.5 Å². The zero-order valence-electron chi connectivity index (χ0n) is 17.8. The maximum atomic E-state index is 12.8. The van der Waals surface area contributed by atoms with Crippen molar-refractivity contribution < 1.29 is 22.7 Å². The van der Waals surface area contributed by atoms with Gasteiger partial charge in [-0.05, 0) is 73.5 Å². The Kier molecular flexibility index (Phi) is 6.05. The number of fused-ring (bicyclic) bond motifs is 1. The van der Waals surface area contributed by atoms with Crippen molar-refractivity contribution in [3.05, 3.63) is 78.4 Å². The van der Waals surface area contributed by atoms with E-state index in [1.54, 1.807) is 36.3 Å². The van der Waals surface area contributed by atoms with Crippen LogP contribution in [-0.4, -0.2) is 34.1 Å². The van der Waals surface area contributed by atoms with Crippen molar-refractivity contribution in [1.82, 2.24) is 0 Å². The average molecular weight is 453 g/mol. The highest BCUT2D eigenvalue weighted by Gasteiger charge is 2.30. The molecule has 1 amide bonds. The molecular formula is C24H24N2O5S. The third-order valence-corrected chi connectivity index (χ3v) is 6.71. The molecule has 3 aromatic rings. The summed E-state index contributed by atoms with van der Waals surface area (Å²) in [6, 6.07) is 20.5. The van der Waals surface area contributed by atoms with Crippen LogP contribution in [0.3, 0.4) is 0 Å². The summed E-state index contributed by atoms with van der Waals surface area (Å²) in [4.78, 5) is 14.6. The molecular weight excluding hydrogens is 428 g/mol. The first-order valence-electron chi connectivity index (χ1n) is 10.2. The van der Waals surface area contributed by atoms with Gasteiger partial charge in [-0.1, -0.05) is 18.2 Å². The number of hydrogen-bond acceptors (Lipinski definition) is 5. The van der Waals surface area contributed by atoms with Crippen LogP contribution in [0.2, 0.25) is 0 Å². The molecule has 1 N–H and O–H groups in total. The number of carbonyl (C=O) groups is 1. The molecule has 1 aliphatic rings. The van der Waals surface area contributed by atoms with Gasteiger partial charge in [0.15, 0.2) is 6.61 Å². The number of ether oxygens (including phenoxy) is 2. The molecule has 8 heteroatoms. The normalized spacial score (nSPS) is 15.2. The lowest BCUT2D eigenvalue weighted by atomic mass is 10.1. The Balaban J connectivity index is 1.39. The Hall–Kier alpha value is -3.52. The predicted molar refractivity (Wildman–Crippen MR) is 123 cm³/mol. The molecule has 0 fully saturated rings. The Morgan fingerprint density at radius 1 is 1.00 bits per heavy atom. The van der Waals surface area contributed by atoms with Crippen LogP contribution in [0.25, 0.3) is 0 Å². The van der Waals surface area contributed by atoms with E-state index in [4.69, 9.17) is 9.47 Å². The number of amides is 1. The first-order valence-corrected chi connectivity index (χ1v) is 11.7. The fourth-order valence-corrected chi connectivity index (χ4v) is 4.81. The fourth-order valence-electron chi connectivity index (χ4n) is 3.75. The van der Waals surface area contributed by atoms with Gasteiger partial charge < -0.3 is 14.4 Å². The molecule has 1 heterocycles. The van der Waals surface area contributed by atoms with Crippen molar-refractivity contribution in [2.24, 2.45) is 0 Å². The topological polar surface area (TPSA) is 84.9 Å². The highest BCUT2D eigenvalue weighted by molar-refractivity contribution is 7.92. The predicted octanol–water partition coefficient (Wildman–Crippen LogP) is 3.85. The number of para-hydroxylation sites is 1. The number of nitrogens with one attached hydrogen (secondary N) is 1. The summed E-state index contributed by atoms with van der Waals surface area (Å²) in [6.07, 6.45) is 0.815. The molecule has 1 aliphatic heterocycles. The zero-order valence-corrected chi connectivity index (χ0v) is 18.6. The van der Waals surface area contributed by atoms with Crippen LogP contribution >= 0.6 is 0 Å². The molecule has 0 saturated heterocycles. The van der Waals surface area contributed by atoms with E-state index in [1.807, 2.05) is 31.2 Å². The van der Waals surface area contributed by atoms with Crippen LogP contribution in [0, 0.1) is 0 Å². The zero-order chi connectivity index (χ0) is 22.7. The summed E-state index contributed by atoms with van der Waals surface area (Å²) >= 11 is 0. The molecule has 1 unspecified atom stereocenters. The first-order chi connectivity index (χ1) is 15.4. The highest BCUT2D eigenvalue weighted by atomic mass is 32.2. The van der Waals surface area contributed by atoms with Crippen molar-refractivity contribution in [3.8, 4) is 11.5 Å². The van der Waals surface area contributed by atoms with E-state index in [2.05, 4.69) is 4.72 Å². The largest absolute Gasteiger partial charge is 0.497 e. The van der Waals surface area contributed by atoms with Gasteiger partial charge in [-0.25, -0.2) is 8.42 Å². The van der Waals surface area contributed by atoms with Crippen LogP contribution in [0.15, 0.2) is 77.7 Å². The minimum atomic E-state index is -3.76. The minimum absolute atomic E-state index is 0.0695. The summed E-state index contributed by atoms with van der Waals surface area (Å²) < 4.78 is 38.5. The Morgan fingerprint density at radius 3 is 2.34 bits per heavy atom. The van der Waals surface area contributed by atoms with Crippen LogP contribution in [0.5, 0.6) is 11.5 Å². The van der Waals surface area contributed by atoms with Gasteiger partial charge in [-0.15, -0.1) is 0 Å². The van der Waals surface area contributed by atoms with E-state index in [1.165, 1.54) is 24.3 Å². The molecule has 0 radical (unpaired) electrons. The van der Waals surface area contributed by atoms with Crippen molar-refractivity contribution in [3.63, 3.8) is 0 Å². The monoisotopic (exact) mass is 452 g/mol. The smallest absolute Gasteiger partial charge is 0.265 e. The quantitative estimate of drug-likeness (QED) is 0.589. The van der Waals surface area contributed by atoms with Crippen LogP contribution in [-0.2, 0) is 21.2 Å². The van der Waals surface area contributed by atoms with Crippen molar-refractivity contribution >= 4 is 27.3 Å². The van der Waals surface area contributed by atoms with Crippen LogP contribution in [0.4, 0.5) is 11.4 Å². The molecule has 0 spiro atoms.